The molecule has 0 N–H and O–H groups in total. The highest BCUT2D eigenvalue weighted by molar-refractivity contribution is 9.10. The lowest BCUT2D eigenvalue weighted by atomic mass is 10.1. The van der Waals surface area contributed by atoms with Crippen molar-refractivity contribution in [2.45, 2.75) is 24.0 Å². The standard InChI is InChI=1S/C8H13BrO4/c1-3-12-6(10)8(9)4-5-13-7(8)11-2/h7H,3-5H2,1-2H3. The molecule has 0 bridgehead atoms. The molecule has 0 aliphatic carbocycles. The van der Waals surface area contributed by atoms with Gasteiger partial charge in [0.25, 0.3) is 0 Å². The molecule has 1 fully saturated rings. The third-order valence-corrected chi connectivity index (χ3v) is 3.03. The summed E-state index contributed by atoms with van der Waals surface area (Å²) in [6, 6.07) is 0. The van der Waals surface area contributed by atoms with Crippen LogP contribution in [0.5, 0.6) is 0 Å². The van der Waals surface area contributed by atoms with E-state index in [-0.39, 0.29) is 5.97 Å². The largest absolute Gasteiger partial charge is 0.465 e. The van der Waals surface area contributed by atoms with Crippen LogP contribution in [0.25, 0.3) is 0 Å². The summed E-state index contributed by atoms with van der Waals surface area (Å²) in [7, 11) is 1.51. The molecule has 1 aliphatic rings. The van der Waals surface area contributed by atoms with Crippen LogP contribution in [-0.4, -0.2) is 36.9 Å². The van der Waals surface area contributed by atoms with Gasteiger partial charge in [0.15, 0.2) is 10.6 Å². The molecule has 1 heterocycles. The quantitative estimate of drug-likeness (QED) is 0.557. The summed E-state index contributed by atoms with van der Waals surface area (Å²) < 4.78 is 14.3. The summed E-state index contributed by atoms with van der Waals surface area (Å²) in [6.45, 7) is 2.64. The van der Waals surface area contributed by atoms with Gasteiger partial charge in [0, 0.05) is 13.5 Å². The van der Waals surface area contributed by atoms with E-state index in [1.165, 1.54) is 7.11 Å². The van der Waals surface area contributed by atoms with E-state index in [0.717, 1.165) is 0 Å². The first kappa shape index (κ1) is 10.9. The smallest absolute Gasteiger partial charge is 0.328 e. The minimum Gasteiger partial charge on any atom is -0.465 e. The monoisotopic (exact) mass is 252 g/mol. The van der Waals surface area contributed by atoms with E-state index in [1.807, 2.05) is 0 Å². The third kappa shape index (κ3) is 2.03. The van der Waals surface area contributed by atoms with E-state index >= 15 is 0 Å². The Balaban J connectivity index is 2.67. The molecule has 13 heavy (non-hydrogen) atoms. The molecule has 76 valence electrons. The number of halogens is 1. The van der Waals surface area contributed by atoms with E-state index in [1.54, 1.807) is 6.92 Å². The van der Waals surface area contributed by atoms with Crippen LogP contribution in [0.1, 0.15) is 13.3 Å². The van der Waals surface area contributed by atoms with Crippen molar-refractivity contribution in [1.82, 2.24) is 0 Å². The number of carbonyl (C=O) groups is 1. The predicted molar refractivity (Wildman–Crippen MR) is 49.7 cm³/mol. The van der Waals surface area contributed by atoms with Crippen molar-refractivity contribution in [1.29, 1.82) is 0 Å². The van der Waals surface area contributed by atoms with Gasteiger partial charge >= 0.3 is 5.97 Å². The molecule has 1 rings (SSSR count). The van der Waals surface area contributed by atoms with Gasteiger partial charge in [-0.3, -0.25) is 4.79 Å². The molecule has 0 aromatic carbocycles. The predicted octanol–water partition coefficient (Wildman–Crippen LogP) is 1.08. The van der Waals surface area contributed by atoms with Crippen LogP contribution in [0.4, 0.5) is 0 Å². The Labute approximate surface area is 85.7 Å². The van der Waals surface area contributed by atoms with Gasteiger partial charge in [-0.05, 0) is 6.92 Å². The van der Waals surface area contributed by atoms with Crippen LogP contribution in [0, 0.1) is 0 Å². The second-order valence-electron chi connectivity index (χ2n) is 2.77. The Morgan fingerprint density at radius 3 is 3.00 bits per heavy atom. The molecule has 1 saturated heterocycles. The average molecular weight is 253 g/mol. The van der Waals surface area contributed by atoms with Crippen molar-refractivity contribution in [3.63, 3.8) is 0 Å². The number of ether oxygens (including phenoxy) is 3. The lowest BCUT2D eigenvalue weighted by Gasteiger charge is -2.23. The maximum atomic E-state index is 11.5. The summed E-state index contributed by atoms with van der Waals surface area (Å²) in [5, 5.41) is 0. The van der Waals surface area contributed by atoms with Crippen molar-refractivity contribution in [2.75, 3.05) is 20.3 Å². The zero-order chi connectivity index (χ0) is 9.90. The summed E-state index contributed by atoms with van der Waals surface area (Å²) in [4.78, 5) is 11.5. The first-order valence-corrected chi connectivity index (χ1v) is 4.95. The molecule has 0 amide bonds. The molecule has 0 aromatic heterocycles. The Bertz CT molecular complexity index is 197. The van der Waals surface area contributed by atoms with Crippen molar-refractivity contribution in [3.8, 4) is 0 Å². The molecule has 2 unspecified atom stereocenters. The Morgan fingerprint density at radius 1 is 1.77 bits per heavy atom. The molecule has 0 spiro atoms. The van der Waals surface area contributed by atoms with Gasteiger partial charge in [0.1, 0.15) is 0 Å². The van der Waals surface area contributed by atoms with Crippen LogP contribution < -0.4 is 0 Å². The maximum absolute atomic E-state index is 11.5. The van der Waals surface area contributed by atoms with Gasteiger partial charge in [0.2, 0.25) is 0 Å². The zero-order valence-electron chi connectivity index (χ0n) is 7.71. The van der Waals surface area contributed by atoms with Crippen LogP contribution in [0.2, 0.25) is 0 Å². The van der Waals surface area contributed by atoms with Gasteiger partial charge in [-0.2, -0.15) is 0 Å². The highest BCUT2D eigenvalue weighted by atomic mass is 79.9. The first-order valence-electron chi connectivity index (χ1n) is 4.15. The van der Waals surface area contributed by atoms with Gasteiger partial charge in [0.05, 0.1) is 13.2 Å². The van der Waals surface area contributed by atoms with Crippen molar-refractivity contribution < 1.29 is 19.0 Å². The summed E-state index contributed by atoms with van der Waals surface area (Å²) in [5.41, 5.74) is 0. The van der Waals surface area contributed by atoms with E-state index in [9.17, 15) is 4.79 Å². The van der Waals surface area contributed by atoms with E-state index in [4.69, 9.17) is 14.2 Å². The Morgan fingerprint density at radius 2 is 2.46 bits per heavy atom. The van der Waals surface area contributed by atoms with E-state index < -0.39 is 10.6 Å². The SMILES string of the molecule is CCOC(=O)C1(Br)CCOC1OC. The van der Waals surface area contributed by atoms with Crippen molar-refractivity contribution in [3.05, 3.63) is 0 Å². The second kappa shape index (κ2) is 4.39. The molecule has 0 saturated carbocycles. The number of alkyl halides is 1. The normalized spacial score (nSPS) is 33.3. The summed E-state index contributed by atoms with van der Waals surface area (Å²) >= 11 is 3.31. The van der Waals surface area contributed by atoms with Crippen LogP contribution in [-0.2, 0) is 19.0 Å². The number of carbonyl (C=O) groups excluding carboxylic acids is 1. The average Bonchev–Trinajstić information content (AvgIpc) is 2.48. The lowest BCUT2D eigenvalue weighted by molar-refractivity contribution is -0.158. The minimum atomic E-state index is -0.822. The number of methoxy groups -OCH3 is 1. The topological polar surface area (TPSA) is 44.8 Å². The van der Waals surface area contributed by atoms with Crippen LogP contribution >= 0.6 is 15.9 Å². The van der Waals surface area contributed by atoms with Gasteiger partial charge in [-0.25, -0.2) is 0 Å². The first-order chi connectivity index (χ1) is 6.15. The fourth-order valence-corrected chi connectivity index (χ4v) is 1.86. The van der Waals surface area contributed by atoms with Crippen LogP contribution in [0.3, 0.4) is 0 Å². The summed E-state index contributed by atoms with van der Waals surface area (Å²) in [6.07, 6.45) is 0.0243. The van der Waals surface area contributed by atoms with Gasteiger partial charge in [-0.15, -0.1) is 0 Å². The fourth-order valence-electron chi connectivity index (χ4n) is 1.27. The third-order valence-electron chi connectivity index (χ3n) is 1.94. The molecule has 2 atom stereocenters. The molecule has 4 nitrogen and oxygen atoms in total. The number of esters is 1. The van der Waals surface area contributed by atoms with E-state index in [0.29, 0.717) is 19.6 Å². The number of rotatable bonds is 3. The van der Waals surface area contributed by atoms with Crippen molar-refractivity contribution >= 4 is 21.9 Å². The number of hydrogen-bond donors (Lipinski definition) is 0. The molecule has 1 aliphatic heterocycles. The maximum Gasteiger partial charge on any atom is 0.328 e. The minimum absolute atomic E-state index is 0.320. The fraction of sp³-hybridized carbons (Fsp3) is 0.875. The van der Waals surface area contributed by atoms with Gasteiger partial charge in [-0.1, -0.05) is 15.9 Å². The number of hydrogen-bond acceptors (Lipinski definition) is 4. The molecule has 5 heteroatoms. The summed E-state index contributed by atoms with van der Waals surface area (Å²) in [5.74, 6) is -0.320. The van der Waals surface area contributed by atoms with Crippen molar-refractivity contribution in [2.24, 2.45) is 0 Å². The molecular formula is C8H13BrO4. The van der Waals surface area contributed by atoms with Gasteiger partial charge < -0.3 is 14.2 Å². The van der Waals surface area contributed by atoms with E-state index in [2.05, 4.69) is 15.9 Å². The highest BCUT2D eigenvalue weighted by Crippen LogP contribution is 2.36. The Hall–Kier alpha value is -0.130. The lowest BCUT2D eigenvalue weighted by Crippen LogP contribution is -2.42. The zero-order valence-corrected chi connectivity index (χ0v) is 9.30. The molecular weight excluding hydrogens is 240 g/mol. The van der Waals surface area contributed by atoms with Crippen LogP contribution in [0.15, 0.2) is 0 Å². The second-order valence-corrected chi connectivity index (χ2v) is 4.19. The Kier molecular flexibility index (Phi) is 3.70. The highest BCUT2D eigenvalue weighted by Gasteiger charge is 2.50. The molecule has 0 radical (unpaired) electrons. The molecule has 0 aromatic rings.